The van der Waals surface area contributed by atoms with E-state index in [0.29, 0.717) is 38.5 Å². The Morgan fingerprint density at radius 2 is 1.74 bits per heavy atom. The van der Waals surface area contributed by atoms with E-state index in [4.69, 9.17) is 17.2 Å². The van der Waals surface area contributed by atoms with Crippen LogP contribution in [0.15, 0.2) is 4.99 Å². The van der Waals surface area contributed by atoms with Crippen molar-refractivity contribution in [1.82, 2.24) is 10.6 Å². The van der Waals surface area contributed by atoms with Gasteiger partial charge in [-0.1, -0.05) is 34.1 Å². The van der Waals surface area contributed by atoms with Crippen molar-refractivity contribution in [3.63, 3.8) is 0 Å². The molecule has 27 heavy (non-hydrogen) atoms. The van der Waals surface area contributed by atoms with Crippen molar-refractivity contribution < 1.29 is 14.4 Å². The van der Waals surface area contributed by atoms with Gasteiger partial charge in [0.2, 0.25) is 11.8 Å². The summed E-state index contributed by atoms with van der Waals surface area (Å²) in [6.07, 6.45) is 2.84. The van der Waals surface area contributed by atoms with E-state index in [9.17, 15) is 14.4 Å². The van der Waals surface area contributed by atoms with Gasteiger partial charge in [-0.25, -0.2) is 0 Å². The lowest BCUT2D eigenvalue weighted by Crippen LogP contribution is -2.56. The van der Waals surface area contributed by atoms with Crippen molar-refractivity contribution in [2.45, 2.75) is 71.5 Å². The summed E-state index contributed by atoms with van der Waals surface area (Å²) in [6.45, 7) is 8.12. The molecule has 156 valence electrons. The van der Waals surface area contributed by atoms with Crippen molar-refractivity contribution in [2.75, 3.05) is 6.54 Å². The van der Waals surface area contributed by atoms with E-state index >= 15 is 0 Å². The van der Waals surface area contributed by atoms with Crippen LogP contribution in [0.5, 0.6) is 0 Å². The molecular formula is C18H36N6O3. The van der Waals surface area contributed by atoms with Gasteiger partial charge in [0, 0.05) is 6.54 Å². The molecule has 4 atom stereocenters. The molecule has 0 aliphatic heterocycles. The molecule has 0 radical (unpaired) electrons. The Hall–Kier alpha value is -2.16. The number of rotatable bonds is 13. The van der Waals surface area contributed by atoms with E-state index in [1.807, 2.05) is 27.7 Å². The summed E-state index contributed by atoms with van der Waals surface area (Å²) in [7, 11) is 0. The first kappa shape index (κ1) is 24.8. The number of nitrogens with zero attached hydrogens (tertiary/aromatic N) is 1. The van der Waals surface area contributed by atoms with E-state index in [2.05, 4.69) is 15.6 Å². The molecule has 0 aromatic rings. The lowest BCUT2D eigenvalue weighted by molar-refractivity contribution is -0.132. The predicted octanol–water partition coefficient (Wildman–Crippen LogP) is -0.372. The van der Waals surface area contributed by atoms with Crippen LogP contribution in [0.1, 0.15) is 53.4 Å². The van der Waals surface area contributed by atoms with Crippen LogP contribution in [0.3, 0.4) is 0 Å². The molecule has 0 aliphatic rings. The molecule has 0 fully saturated rings. The zero-order valence-electron chi connectivity index (χ0n) is 16.9. The first-order valence-electron chi connectivity index (χ1n) is 9.49. The van der Waals surface area contributed by atoms with E-state index in [-0.39, 0.29) is 23.7 Å². The lowest BCUT2D eigenvalue weighted by atomic mass is 9.96. The Kier molecular flexibility index (Phi) is 12.0. The third kappa shape index (κ3) is 10.5. The van der Waals surface area contributed by atoms with Crippen LogP contribution in [0.4, 0.5) is 0 Å². The van der Waals surface area contributed by atoms with Gasteiger partial charge in [0.25, 0.3) is 0 Å². The number of carbonyl (C=O) groups is 3. The average Bonchev–Trinajstić information content (AvgIpc) is 2.60. The second-order valence-corrected chi connectivity index (χ2v) is 7.31. The molecular weight excluding hydrogens is 348 g/mol. The van der Waals surface area contributed by atoms with Crippen molar-refractivity contribution in [2.24, 2.45) is 34.0 Å². The van der Waals surface area contributed by atoms with Crippen LogP contribution in [0.25, 0.3) is 0 Å². The topological polar surface area (TPSA) is 166 Å². The number of carbonyl (C=O) groups excluding carboxylic acids is 3. The number of nitrogens with two attached hydrogens (primary N) is 3. The summed E-state index contributed by atoms with van der Waals surface area (Å²) in [5.74, 6) is -0.604. The molecule has 0 heterocycles. The molecule has 9 heteroatoms. The fourth-order valence-corrected chi connectivity index (χ4v) is 2.54. The summed E-state index contributed by atoms with van der Waals surface area (Å²) in [5.41, 5.74) is 16.4. The zero-order chi connectivity index (χ0) is 21.0. The van der Waals surface area contributed by atoms with Crippen molar-refractivity contribution in [3.05, 3.63) is 0 Å². The molecule has 0 saturated carbocycles. The minimum absolute atomic E-state index is 0.0148. The highest BCUT2D eigenvalue weighted by Gasteiger charge is 2.29. The molecule has 0 bridgehead atoms. The van der Waals surface area contributed by atoms with Gasteiger partial charge in [0.05, 0.1) is 12.1 Å². The summed E-state index contributed by atoms with van der Waals surface area (Å²) in [6, 6.07) is -2.09. The molecule has 0 rings (SSSR count). The monoisotopic (exact) mass is 384 g/mol. The van der Waals surface area contributed by atoms with Crippen LogP contribution in [-0.2, 0) is 14.4 Å². The third-order valence-corrected chi connectivity index (χ3v) is 4.31. The first-order valence-corrected chi connectivity index (χ1v) is 9.49. The Morgan fingerprint density at radius 3 is 2.22 bits per heavy atom. The fraction of sp³-hybridized carbons (Fsp3) is 0.778. The van der Waals surface area contributed by atoms with E-state index in [0.717, 1.165) is 0 Å². The summed E-state index contributed by atoms with van der Waals surface area (Å²) < 4.78 is 0. The number of aliphatic imine (C=N–C) groups is 1. The molecule has 0 aliphatic carbocycles. The van der Waals surface area contributed by atoms with Gasteiger partial charge in [-0.3, -0.25) is 14.6 Å². The quantitative estimate of drug-likeness (QED) is 0.126. The molecule has 9 nitrogen and oxygen atoms in total. The maximum Gasteiger partial charge on any atom is 0.243 e. The molecule has 0 aromatic carbocycles. The second kappa shape index (κ2) is 13.1. The minimum Gasteiger partial charge on any atom is -0.370 e. The Labute approximate surface area is 161 Å². The van der Waals surface area contributed by atoms with Crippen LogP contribution in [0, 0.1) is 11.8 Å². The van der Waals surface area contributed by atoms with Crippen LogP contribution < -0.4 is 27.8 Å². The molecule has 4 unspecified atom stereocenters. The Morgan fingerprint density at radius 1 is 1.11 bits per heavy atom. The fourth-order valence-electron chi connectivity index (χ4n) is 2.54. The summed E-state index contributed by atoms with van der Waals surface area (Å²) >= 11 is 0. The van der Waals surface area contributed by atoms with Crippen molar-refractivity contribution in [1.29, 1.82) is 0 Å². The maximum atomic E-state index is 12.6. The minimum atomic E-state index is -0.749. The smallest absolute Gasteiger partial charge is 0.243 e. The SMILES string of the molecule is CCC(C)C(NC(=O)C(N)CC(C)C)C(=O)NC(C=O)CCCN=C(N)N. The van der Waals surface area contributed by atoms with Crippen LogP contribution in [-0.4, -0.2) is 48.7 Å². The van der Waals surface area contributed by atoms with Crippen molar-refractivity contribution >= 4 is 24.1 Å². The Balaban J connectivity index is 4.86. The van der Waals surface area contributed by atoms with Crippen molar-refractivity contribution in [3.8, 4) is 0 Å². The number of hydrogen-bond donors (Lipinski definition) is 5. The molecule has 0 saturated heterocycles. The van der Waals surface area contributed by atoms with E-state index in [1.165, 1.54) is 0 Å². The molecule has 0 aromatic heterocycles. The second-order valence-electron chi connectivity index (χ2n) is 7.31. The Bertz CT molecular complexity index is 505. The van der Waals surface area contributed by atoms with Crippen LogP contribution in [0.2, 0.25) is 0 Å². The number of nitrogens with one attached hydrogen (secondary N) is 2. The maximum absolute atomic E-state index is 12.6. The highest BCUT2D eigenvalue weighted by molar-refractivity contribution is 5.91. The van der Waals surface area contributed by atoms with Gasteiger partial charge < -0.3 is 32.6 Å². The number of aldehydes is 1. The zero-order valence-corrected chi connectivity index (χ0v) is 16.9. The van der Waals surface area contributed by atoms with Gasteiger partial charge in [-0.2, -0.15) is 0 Å². The lowest BCUT2D eigenvalue weighted by Gasteiger charge is -2.26. The molecule has 2 amide bonds. The number of amides is 2. The largest absolute Gasteiger partial charge is 0.370 e. The molecule has 0 spiro atoms. The highest BCUT2D eigenvalue weighted by atomic mass is 16.2. The van der Waals surface area contributed by atoms with Gasteiger partial charge in [-0.05, 0) is 31.1 Å². The van der Waals surface area contributed by atoms with E-state index in [1.54, 1.807) is 0 Å². The van der Waals surface area contributed by atoms with Gasteiger partial charge in [0.1, 0.15) is 12.3 Å². The average molecular weight is 385 g/mol. The summed E-state index contributed by atoms with van der Waals surface area (Å²) in [4.78, 5) is 40.1. The van der Waals surface area contributed by atoms with Gasteiger partial charge >= 0.3 is 0 Å². The summed E-state index contributed by atoms with van der Waals surface area (Å²) in [5, 5.41) is 5.42. The number of hydrogen-bond acceptors (Lipinski definition) is 5. The van der Waals surface area contributed by atoms with Crippen LogP contribution >= 0.6 is 0 Å². The van der Waals surface area contributed by atoms with Gasteiger partial charge in [-0.15, -0.1) is 0 Å². The predicted molar refractivity (Wildman–Crippen MR) is 107 cm³/mol. The third-order valence-electron chi connectivity index (χ3n) is 4.31. The highest BCUT2D eigenvalue weighted by Crippen LogP contribution is 2.10. The normalized spacial score (nSPS) is 15.3. The number of guanidine groups is 1. The standard InChI is InChI=1S/C18H36N6O3/c1-5-12(4)15(24-16(26)14(19)9-11(2)3)17(27)23-13(10-25)7-6-8-22-18(20)21/h10-15H,5-9,19H2,1-4H3,(H,23,27)(H,24,26)(H4,20,21,22). The van der Waals surface area contributed by atoms with Gasteiger partial charge in [0.15, 0.2) is 5.96 Å². The molecule has 8 N–H and O–H groups in total. The first-order chi connectivity index (χ1) is 12.6. The van der Waals surface area contributed by atoms with E-state index < -0.39 is 24.0 Å².